The van der Waals surface area contributed by atoms with Crippen LogP contribution in [0.1, 0.15) is 103 Å². The molecule has 0 aliphatic heterocycles. The quantitative estimate of drug-likeness (QED) is 0.169. The molecule has 0 saturated heterocycles. The van der Waals surface area contributed by atoms with E-state index in [-0.39, 0.29) is 0 Å². The Balaban J connectivity index is 3.00. The summed E-state index contributed by atoms with van der Waals surface area (Å²) in [5.41, 5.74) is 0. The second-order valence-electron chi connectivity index (χ2n) is 7.67. The van der Waals surface area contributed by atoms with Crippen molar-refractivity contribution in [3.63, 3.8) is 0 Å². The molecule has 0 heterocycles. The molecule has 0 N–H and O–H groups in total. The first kappa shape index (κ1) is 21.9. The largest absolute Gasteiger partial charge is 0.204 e. The van der Waals surface area contributed by atoms with Crippen LogP contribution in [0.15, 0.2) is 0 Å². The van der Waals surface area contributed by atoms with E-state index in [1.165, 1.54) is 96.3 Å². The van der Waals surface area contributed by atoms with E-state index in [0.717, 1.165) is 6.61 Å². The van der Waals surface area contributed by atoms with E-state index in [9.17, 15) is 0 Å². The second-order valence-corrected chi connectivity index (χ2v) is 7.67. The molecular formula is C20H44NO+. The molecule has 0 aliphatic carbocycles. The normalized spacial score (nSPS) is 12.0. The van der Waals surface area contributed by atoms with Crippen molar-refractivity contribution >= 4 is 0 Å². The fourth-order valence-corrected chi connectivity index (χ4v) is 2.81. The highest BCUT2D eigenvalue weighted by atomic mass is 16.7. The highest BCUT2D eigenvalue weighted by molar-refractivity contribution is 4.49. The van der Waals surface area contributed by atoms with Crippen LogP contribution in [-0.4, -0.2) is 32.4 Å². The topological polar surface area (TPSA) is 9.23 Å². The van der Waals surface area contributed by atoms with Gasteiger partial charge in [0, 0.05) is 0 Å². The Morgan fingerprint density at radius 1 is 0.500 bits per heavy atom. The van der Waals surface area contributed by atoms with Gasteiger partial charge < -0.3 is 0 Å². The Morgan fingerprint density at radius 3 is 1.14 bits per heavy atom. The van der Waals surface area contributed by atoms with Gasteiger partial charge in [-0.1, -0.05) is 96.8 Å². The summed E-state index contributed by atoms with van der Waals surface area (Å²) in [6.07, 6.45) is 21.3. The van der Waals surface area contributed by atoms with Crippen LogP contribution >= 0.6 is 0 Å². The van der Waals surface area contributed by atoms with Crippen LogP contribution in [0, 0.1) is 0 Å². The van der Waals surface area contributed by atoms with Crippen molar-refractivity contribution in [1.29, 1.82) is 0 Å². The highest BCUT2D eigenvalue weighted by Crippen LogP contribution is 2.13. The maximum atomic E-state index is 5.68. The molecule has 0 aromatic carbocycles. The van der Waals surface area contributed by atoms with Crippen LogP contribution in [0.4, 0.5) is 0 Å². The van der Waals surface area contributed by atoms with Crippen molar-refractivity contribution in [2.45, 2.75) is 103 Å². The molecule has 0 amide bonds. The first-order valence-electron chi connectivity index (χ1n) is 10.0. The lowest BCUT2D eigenvalue weighted by Gasteiger charge is -2.20. The van der Waals surface area contributed by atoms with Gasteiger partial charge in [0.05, 0.1) is 21.1 Å². The van der Waals surface area contributed by atoms with E-state index < -0.39 is 0 Å². The summed E-state index contributed by atoms with van der Waals surface area (Å²) >= 11 is 0. The van der Waals surface area contributed by atoms with E-state index in [0.29, 0.717) is 4.65 Å². The number of quaternary nitrogens is 1. The zero-order valence-corrected chi connectivity index (χ0v) is 16.2. The zero-order valence-electron chi connectivity index (χ0n) is 16.2. The van der Waals surface area contributed by atoms with Crippen LogP contribution in [0.3, 0.4) is 0 Å². The standard InChI is InChI=1S/C20H44NO/c1-5-6-7-8-9-10-11-12-13-14-15-16-17-18-19-20-22-21(2,3)4/h5-20H2,1-4H3/q+1. The molecule has 134 valence electrons. The maximum absolute atomic E-state index is 5.68. The summed E-state index contributed by atoms with van der Waals surface area (Å²) in [4.78, 5) is 5.68. The average Bonchev–Trinajstić information content (AvgIpc) is 2.45. The van der Waals surface area contributed by atoms with Crippen LogP contribution in [0.2, 0.25) is 0 Å². The van der Waals surface area contributed by atoms with Gasteiger partial charge in [0.2, 0.25) is 0 Å². The molecule has 0 bridgehead atoms. The van der Waals surface area contributed by atoms with Gasteiger partial charge in [-0.2, -0.15) is 4.65 Å². The number of hydrogen-bond acceptors (Lipinski definition) is 1. The van der Waals surface area contributed by atoms with Crippen LogP contribution in [0.5, 0.6) is 0 Å². The SMILES string of the molecule is CCCCCCCCCCCCCCCCCO[N+](C)(C)C. The fraction of sp³-hybridized carbons (Fsp3) is 1.00. The first-order valence-corrected chi connectivity index (χ1v) is 10.0. The summed E-state index contributed by atoms with van der Waals surface area (Å²) in [5, 5.41) is 0. The number of rotatable bonds is 17. The van der Waals surface area contributed by atoms with Crippen molar-refractivity contribution in [2.75, 3.05) is 27.7 Å². The van der Waals surface area contributed by atoms with Crippen molar-refractivity contribution in [3.05, 3.63) is 0 Å². The van der Waals surface area contributed by atoms with Crippen LogP contribution in [0.25, 0.3) is 0 Å². The van der Waals surface area contributed by atoms with Crippen molar-refractivity contribution < 1.29 is 9.48 Å². The van der Waals surface area contributed by atoms with E-state index in [1.807, 2.05) is 0 Å². The Hall–Kier alpha value is -0.0800. The van der Waals surface area contributed by atoms with Gasteiger partial charge in [0.25, 0.3) is 0 Å². The molecule has 2 nitrogen and oxygen atoms in total. The molecule has 2 heteroatoms. The van der Waals surface area contributed by atoms with Gasteiger partial charge in [-0.05, 0) is 6.42 Å². The van der Waals surface area contributed by atoms with E-state index in [1.54, 1.807) is 0 Å². The van der Waals surface area contributed by atoms with Crippen molar-refractivity contribution in [1.82, 2.24) is 0 Å². The van der Waals surface area contributed by atoms with E-state index in [2.05, 4.69) is 28.1 Å². The summed E-state index contributed by atoms with van der Waals surface area (Å²) in [6, 6.07) is 0. The molecule has 0 aromatic heterocycles. The predicted octanol–water partition coefficient (Wildman–Crippen LogP) is 6.50. The summed E-state index contributed by atoms with van der Waals surface area (Å²) in [5.74, 6) is 0. The third-order valence-electron chi connectivity index (χ3n) is 4.23. The minimum Gasteiger partial charge on any atom is -0.204 e. The molecule has 0 aliphatic rings. The van der Waals surface area contributed by atoms with E-state index >= 15 is 0 Å². The molecule has 0 atom stereocenters. The number of unbranched alkanes of at least 4 members (excludes halogenated alkanes) is 14. The van der Waals surface area contributed by atoms with Gasteiger partial charge >= 0.3 is 0 Å². The van der Waals surface area contributed by atoms with Gasteiger partial charge in [-0.15, -0.1) is 0 Å². The van der Waals surface area contributed by atoms with Crippen molar-refractivity contribution in [3.8, 4) is 0 Å². The van der Waals surface area contributed by atoms with Crippen molar-refractivity contribution in [2.24, 2.45) is 0 Å². The monoisotopic (exact) mass is 314 g/mol. The lowest BCUT2D eigenvalue weighted by atomic mass is 10.0. The molecule has 0 aromatic rings. The third kappa shape index (κ3) is 19.9. The zero-order chi connectivity index (χ0) is 16.5. The van der Waals surface area contributed by atoms with E-state index in [4.69, 9.17) is 4.84 Å². The number of hydroxylamine groups is 3. The highest BCUT2D eigenvalue weighted by Gasteiger charge is 2.06. The summed E-state index contributed by atoms with van der Waals surface area (Å²) in [6.45, 7) is 3.20. The average molecular weight is 315 g/mol. The Labute approximate surface area is 141 Å². The van der Waals surface area contributed by atoms with Crippen LogP contribution < -0.4 is 0 Å². The molecule has 0 saturated carbocycles. The number of hydrogen-bond donors (Lipinski definition) is 0. The maximum Gasteiger partial charge on any atom is 0.106 e. The molecule has 0 spiro atoms. The number of nitrogens with zero attached hydrogens (tertiary/aromatic N) is 1. The summed E-state index contributed by atoms with van der Waals surface area (Å²) < 4.78 is 0.624. The third-order valence-corrected chi connectivity index (χ3v) is 4.23. The molecule has 0 fully saturated rings. The molecule has 22 heavy (non-hydrogen) atoms. The molecule has 0 unspecified atom stereocenters. The lowest BCUT2D eigenvalue weighted by Crippen LogP contribution is -2.34. The minimum absolute atomic E-state index is 0.624. The van der Waals surface area contributed by atoms with Gasteiger partial charge in [0.15, 0.2) is 0 Å². The predicted molar refractivity (Wildman–Crippen MR) is 98.9 cm³/mol. The second kappa shape index (κ2) is 15.8. The Bertz CT molecular complexity index is 210. The molecule has 0 radical (unpaired) electrons. The Morgan fingerprint density at radius 2 is 0.818 bits per heavy atom. The van der Waals surface area contributed by atoms with Gasteiger partial charge in [-0.25, -0.2) is 4.84 Å². The smallest absolute Gasteiger partial charge is 0.106 e. The minimum atomic E-state index is 0.624. The van der Waals surface area contributed by atoms with Crippen LogP contribution in [-0.2, 0) is 4.84 Å². The van der Waals surface area contributed by atoms with Gasteiger partial charge in [0.1, 0.15) is 6.61 Å². The Kier molecular flexibility index (Phi) is 15.7. The summed E-state index contributed by atoms with van der Waals surface area (Å²) in [7, 11) is 6.22. The first-order chi connectivity index (χ1) is 10.6. The van der Waals surface area contributed by atoms with Gasteiger partial charge in [-0.3, -0.25) is 0 Å². The molecule has 0 rings (SSSR count). The molecular weight excluding hydrogens is 270 g/mol. The lowest BCUT2D eigenvalue weighted by molar-refractivity contribution is -1.06. The fourth-order valence-electron chi connectivity index (χ4n) is 2.81.